The van der Waals surface area contributed by atoms with E-state index >= 15 is 0 Å². The zero-order valence-electron chi connectivity index (χ0n) is 13.9. The number of nitrogens with one attached hydrogen (secondary N) is 3. The van der Waals surface area contributed by atoms with E-state index in [1.165, 1.54) is 12.5 Å². The number of aromatic amines is 1. The molecule has 0 unspecified atom stereocenters. The normalized spacial score (nSPS) is 10.8. The van der Waals surface area contributed by atoms with Crippen LogP contribution in [-0.2, 0) is 6.54 Å². The van der Waals surface area contributed by atoms with Crippen molar-refractivity contribution in [3.05, 3.63) is 54.6 Å². The third kappa shape index (κ3) is 3.22. The number of pyridine rings is 2. The molecule has 0 aliphatic rings. The Labute approximate surface area is 147 Å². The molecular formula is C17H15N7O2. The van der Waals surface area contributed by atoms with E-state index in [2.05, 4.69) is 35.8 Å². The van der Waals surface area contributed by atoms with Gasteiger partial charge in [-0.05, 0) is 19.1 Å². The van der Waals surface area contributed by atoms with Crippen molar-refractivity contribution in [3.8, 4) is 11.3 Å². The quantitative estimate of drug-likeness (QED) is 0.521. The maximum absolute atomic E-state index is 11.9. The highest BCUT2D eigenvalue weighted by Crippen LogP contribution is 2.26. The molecule has 0 aliphatic heterocycles. The van der Waals surface area contributed by atoms with Gasteiger partial charge in [0.2, 0.25) is 5.89 Å². The highest BCUT2D eigenvalue weighted by Gasteiger charge is 2.11. The van der Waals surface area contributed by atoms with Gasteiger partial charge in [-0.15, -0.1) is 0 Å². The van der Waals surface area contributed by atoms with E-state index < -0.39 is 6.03 Å². The van der Waals surface area contributed by atoms with Crippen LogP contribution in [-0.4, -0.2) is 31.2 Å². The topological polar surface area (TPSA) is 122 Å². The molecule has 0 atom stereocenters. The molecule has 0 fully saturated rings. The van der Waals surface area contributed by atoms with E-state index in [0.717, 1.165) is 27.9 Å². The molecule has 9 nitrogen and oxygen atoms in total. The maximum atomic E-state index is 11.9. The van der Waals surface area contributed by atoms with Crippen molar-refractivity contribution in [2.75, 3.05) is 5.32 Å². The van der Waals surface area contributed by atoms with Crippen LogP contribution in [0, 0.1) is 6.92 Å². The smallest absolute Gasteiger partial charge is 0.320 e. The Hall–Kier alpha value is -3.75. The number of rotatable bonds is 4. The number of fused-ring (bicyclic) bond motifs is 1. The van der Waals surface area contributed by atoms with Crippen LogP contribution < -0.4 is 10.6 Å². The molecule has 0 saturated carbocycles. The van der Waals surface area contributed by atoms with Crippen molar-refractivity contribution in [2.45, 2.75) is 13.5 Å². The standard InChI is InChI=1S/C17H15N7O2/c1-10-6-11(2-3-18-10)16-12-8-20-14(7-13(12)23-24-16)22-17(25)21-9-15-19-4-5-26-15/h2-8H,9H2,1H3,(H,23,24)(H2,20,21,22,25). The summed E-state index contributed by atoms with van der Waals surface area (Å²) in [7, 11) is 0. The summed E-state index contributed by atoms with van der Waals surface area (Å²) in [6.07, 6.45) is 6.38. The summed E-state index contributed by atoms with van der Waals surface area (Å²) >= 11 is 0. The second-order valence-corrected chi connectivity index (χ2v) is 5.61. The Morgan fingerprint density at radius 2 is 2.15 bits per heavy atom. The number of aromatic nitrogens is 5. The second-order valence-electron chi connectivity index (χ2n) is 5.61. The molecule has 4 aromatic rings. The molecular weight excluding hydrogens is 334 g/mol. The van der Waals surface area contributed by atoms with Crippen molar-refractivity contribution in [1.29, 1.82) is 0 Å². The number of anilines is 1. The minimum atomic E-state index is -0.403. The molecule has 0 aliphatic carbocycles. The lowest BCUT2D eigenvalue weighted by Gasteiger charge is -2.05. The van der Waals surface area contributed by atoms with Crippen LogP contribution in [0.15, 0.2) is 47.5 Å². The summed E-state index contributed by atoms with van der Waals surface area (Å²) in [6, 6.07) is 5.17. The fraction of sp³-hybridized carbons (Fsp3) is 0.118. The predicted octanol–water partition coefficient (Wildman–Crippen LogP) is 2.64. The molecule has 0 radical (unpaired) electrons. The molecule has 0 saturated heterocycles. The minimum Gasteiger partial charge on any atom is -0.447 e. The number of oxazole rings is 1. The van der Waals surface area contributed by atoms with Crippen molar-refractivity contribution >= 4 is 22.8 Å². The molecule has 2 amide bonds. The lowest BCUT2D eigenvalue weighted by molar-refractivity contribution is 0.250. The second kappa shape index (κ2) is 6.63. The average molecular weight is 349 g/mol. The summed E-state index contributed by atoms with van der Waals surface area (Å²) in [4.78, 5) is 24.4. The summed E-state index contributed by atoms with van der Waals surface area (Å²) < 4.78 is 5.06. The van der Waals surface area contributed by atoms with E-state index in [9.17, 15) is 4.79 Å². The van der Waals surface area contributed by atoms with Crippen LogP contribution in [0.4, 0.5) is 10.6 Å². The zero-order chi connectivity index (χ0) is 17.9. The van der Waals surface area contributed by atoms with E-state index in [4.69, 9.17) is 4.42 Å². The molecule has 4 heterocycles. The number of hydrogen-bond acceptors (Lipinski definition) is 6. The average Bonchev–Trinajstić information content (AvgIpc) is 3.29. The van der Waals surface area contributed by atoms with Gasteiger partial charge in [-0.3, -0.25) is 15.4 Å². The van der Waals surface area contributed by atoms with Gasteiger partial charge < -0.3 is 9.73 Å². The lowest BCUT2D eigenvalue weighted by Crippen LogP contribution is -2.28. The maximum Gasteiger partial charge on any atom is 0.320 e. The van der Waals surface area contributed by atoms with E-state index in [0.29, 0.717) is 11.7 Å². The Balaban J connectivity index is 1.50. The van der Waals surface area contributed by atoms with Gasteiger partial charge in [0.25, 0.3) is 0 Å². The first-order valence-electron chi connectivity index (χ1n) is 7.89. The van der Waals surface area contributed by atoms with Gasteiger partial charge in [-0.1, -0.05) is 0 Å². The number of H-pyrrole nitrogens is 1. The first kappa shape index (κ1) is 15.8. The Morgan fingerprint density at radius 3 is 2.96 bits per heavy atom. The highest BCUT2D eigenvalue weighted by atomic mass is 16.3. The number of hydrogen-bond donors (Lipinski definition) is 3. The summed E-state index contributed by atoms with van der Waals surface area (Å²) in [5.74, 6) is 0.831. The van der Waals surface area contributed by atoms with Crippen LogP contribution in [0.25, 0.3) is 22.2 Å². The fourth-order valence-electron chi connectivity index (χ4n) is 2.55. The first-order chi connectivity index (χ1) is 12.7. The van der Waals surface area contributed by atoms with Crippen LogP contribution in [0.5, 0.6) is 0 Å². The fourth-order valence-corrected chi connectivity index (χ4v) is 2.55. The van der Waals surface area contributed by atoms with Crippen molar-refractivity contribution in [1.82, 2.24) is 30.5 Å². The number of amides is 2. The zero-order valence-corrected chi connectivity index (χ0v) is 13.9. The van der Waals surface area contributed by atoms with Gasteiger partial charge in [-0.2, -0.15) is 5.10 Å². The molecule has 4 rings (SSSR count). The molecule has 0 spiro atoms. The van der Waals surface area contributed by atoms with Crippen LogP contribution in [0.1, 0.15) is 11.6 Å². The summed E-state index contributed by atoms with van der Waals surface area (Å²) in [5, 5.41) is 13.5. The van der Waals surface area contributed by atoms with Crippen molar-refractivity contribution in [2.24, 2.45) is 0 Å². The van der Waals surface area contributed by atoms with Gasteiger partial charge >= 0.3 is 6.03 Å². The Bertz CT molecular complexity index is 1060. The number of urea groups is 1. The molecule has 130 valence electrons. The monoisotopic (exact) mass is 349 g/mol. The van der Waals surface area contributed by atoms with Crippen molar-refractivity contribution < 1.29 is 9.21 Å². The van der Waals surface area contributed by atoms with Gasteiger partial charge in [0.1, 0.15) is 17.8 Å². The molecule has 9 heteroatoms. The molecule has 0 aromatic carbocycles. The SMILES string of the molecule is Cc1cc(-c2n[nH]c3cc(NC(=O)NCc4ncco4)ncc23)ccn1. The van der Waals surface area contributed by atoms with E-state index in [1.54, 1.807) is 18.5 Å². The van der Waals surface area contributed by atoms with Gasteiger partial charge in [0.15, 0.2) is 0 Å². The van der Waals surface area contributed by atoms with Gasteiger partial charge in [0.05, 0.1) is 18.3 Å². The van der Waals surface area contributed by atoms with E-state index in [1.807, 2.05) is 19.1 Å². The molecule has 26 heavy (non-hydrogen) atoms. The highest BCUT2D eigenvalue weighted by molar-refractivity contribution is 5.95. The van der Waals surface area contributed by atoms with Crippen molar-refractivity contribution in [3.63, 3.8) is 0 Å². The van der Waals surface area contributed by atoms with E-state index in [-0.39, 0.29) is 6.54 Å². The number of nitrogens with zero attached hydrogens (tertiary/aromatic N) is 4. The number of carbonyl (C=O) groups is 1. The number of aryl methyl sites for hydroxylation is 1. The predicted molar refractivity (Wildman–Crippen MR) is 94.2 cm³/mol. The summed E-state index contributed by atoms with van der Waals surface area (Å²) in [5.41, 5.74) is 3.42. The third-order valence-corrected chi connectivity index (χ3v) is 3.74. The number of carbonyl (C=O) groups excluding carboxylic acids is 1. The van der Waals surface area contributed by atoms with Crippen LogP contribution in [0.3, 0.4) is 0 Å². The van der Waals surface area contributed by atoms with Crippen LogP contribution in [0.2, 0.25) is 0 Å². The lowest BCUT2D eigenvalue weighted by atomic mass is 10.1. The van der Waals surface area contributed by atoms with Crippen LogP contribution >= 0.6 is 0 Å². The molecule has 0 bridgehead atoms. The van der Waals surface area contributed by atoms with Gasteiger partial charge in [0, 0.05) is 35.1 Å². The molecule has 4 aromatic heterocycles. The Morgan fingerprint density at radius 1 is 1.23 bits per heavy atom. The first-order valence-corrected chi connectivity index (χ1v) is 7.89. The Kier molecular flexibility index (Phi) is 4.02. The minimum absolute atomic E-state index is 0.191. The van der Waals surface area contributed by atoms with Gasteiger partial charge in [-0.25, -0.2) is 14.8 Å². The molecule has 3 N–H and O–H groups in total. The summed E-state index contributed by atoms with van der Waals surface area (Å²) in [6.45, 7) is 2.12. The largest absolute Gasteiger partial charge is 0.447 e. The third-order valence-electron chi connectivity index (χ3n) is 3.74.